The number of rotatable bonds is 7. The molecule has 4 heteroatoms. The third-order valence-electron chi connectivity index (χ3n) is 4.12. The quantitative estimate of drug-likeness (QED) is 0.837. The van der Waals surface area contributed by atoms with Gasteiger partial charge in [0.2, 0.25) is 5.91 Å². The molecular weight excluding hydrogens is 264 g/mol. The number of likely N-dealkylation sites (N-methyl/N-ethyl adjacent to an activating group) is 1. The summed E-state index contributed by atoms with van der Waals surface area (Å²) in [5.41, 5.74) is 1.18. The highest BCUT2D eigenvalue weighted by molar-refractivity contribution is 5.76. The Morgan fingerprint density at radius 1 is 1.38 bits per heavy atom. The van der Waals surface area contributed by atoms with Crippen molar-refractivity contribution in [2.75, 3.05) is 26.7 Å². The van der Waals surface area contributed by atoms with Crippen LogP contribution in [0.15, 0.2) is 24.3 Å². The van der Waals surface area contributed by atoms with E-state index in [1.54, 1.807) is 7.11 Å². The Morgan fingerprint density at radius 3 is 2.71 bits per heavy atom. The Balaban J connectivity index is 1.80. The molecule has 1 fully saturated rings. The zero-order valence-corrected chi connectivity index (χ0v) is 13.1. The van der Waals surface area contributed by atoms with E-state index in [1.165, 1.54) is 18.4 Å². The van der Waals surface area contributed by atoms with E-state index in [1.807, 2.05) is 29.2 Å². The van der Waals surface area contributed by atoms with Crippen molar-refractivity contribution in [3.05, 3.63) is 29.8 Å². The highest BCUT2D eigenvalue weighted by Crippen LogP contribution is 2.14. The zero-order chi connectivity index (χ0) is 15.1. The second-order valence-electron chi connectivity index (χ2n) is 5.57. The molecule has 1 saturated heterocycles. The molecule has 0 bridgehead atoms. The van der Waals surface area contributed by atoms with Gasteiger partial charge in [0.05, 0.1) is 7.11 Å². The van der Waals surface area contributed by atoms with Gasteiger partial charge in [-0.15, -0.1) is 0 Å². The number of benzene rings is 1. The van der Waals surface area contributed by atoms with Crippen molar-refractivity contribution in [3.63, 3.8) is 0 Å². The summed E-state index contributed by atoms with van der Waals surface area (Å²) in [4.78, 5) is 14.3. The molecule has 2 rings (SSSR count). The van der Waals surface area contributed by atoms with Crippen LogP contribution >= 0.6 is 0 Å². The number of carbonyl (C=O) groups excluding carboxylic acids is 1. The Bertz CT molecular complexity index is 439. The molecule has 21 heavy (non-hydrogen) atoms. The number of hydrogen-bond acceptors (Lipinski definition) is 3. The molecule has 1 unspecified atom stereocenters. The van der Waals surface area contributed by atoms with E-state index >= 15 is 0 Å². The highest BCUT2D eigenvalue weighted by atomic mass is 16.5. The van der Waals surface area contributed by atoms with Crippen LogP contribution in [0.4, 0.5) is 0 Å². The van der Waals surface area contributed by atoms with Gasteiger partial charge in [-0.25, -0.2) is 0 Å². The highest BCUT2D eigenvalue weighted by Gasteiger charge is 2.20. The van der Waals surface area contributed by atoms with Gasteiger partial charge in [0.25, 0.3) is 0 Å². The van der Waals surface area contributed by atoms with Crippen molar-refractivity contribution in [1.82, 2.24) is 10.2 Å². The fourth-order valence-corrected chi connectivity index (χ4v) is 2.79. The van der Waals surface area contributed by atoms with Crippen molar-refractivity contribution in [2.24, 2.45) is 0 Å². The number of nitrogens with one attached hydrogen (secondary N) is 1. The van der Waals surface area contributed by atoms with Crippen LogP contribution in [0, 0.1) is 0 Å². The zero-order valence-electron chi connectivity index (χ0n) is 13.1. The van der Waals surface area contributed by atoms with Crippen molar-refractivity contribution in [2.45, 2.75) is 38.6 Å². The summed E-state index contributed by atoms with van der Waals surface area (Å²) in [6.45, 7) is 4.78. The molecule has 1 aromatic carbocycles. The maximum atomic E-state index is 12.3. The summed E-state index contributed by atoms with van der Waals surface area (Å²) in [6.07, 6.45) is 3.77. The van der Waals surface area contributed by atoms with Crippen molar-refractivity contribution >= 4 is 5.91 Å². The van der Waals surface area contributed by atoms with E-state index in [0.29, 0.717) is 12.5 Å². The molecule has 4 nitrogen and oxygen atoms in total. The van der Waals surface area contributed by atoms with Crippen molar-refractivity contribution in [3.8, 4) is 5.75 Å². The van der Waals surface area contributed by atoms with Gasteiger partial charge < -0.3 is 15.0 Å². The minimum absolute atomic E-state index is 0.252. The standard InChI is InChI=1S/C17H26N2O2/c1-3-19(13-15-5-4-12-18-15)17(20)11-8-14-6-9-16(21-2)10-7-14/h6-7,9-10,15,18H,3-5,8,11-13H2,1-2H3. The van der Waals surface area contributed by atoms with Gasteiger partial charge in [-0.1, -0.05) is 12.1 Å². The number of methoxy groups -OCH3 is 1. The second kappa shape index (κ2) is 8.03. The van der Waals surface area contributed by atoms with Crippen LogP contribution in [0.5, 0.6) is 5.75 Å². The second-order valence-corrected chi connectivity index (χ2v) is 5.57. The molecular formula is C17H26N2O2. The molecule has 1 aliphatic heterocycles. The van der Waals surface area contributed by atoms with Gasteiger partial charge in [0, 0.05) is 25.6 Å². The van der Waals surface area contributed by atoms with Gasteiger partial charge in [-0.05, 0) is 50.4 Å². The third kappa shape index (κ3) is 4.74. The lowest BCUT2D eigenvalue weighted by atomic mass is 10.1. The van der Waals surface area contributed by atoms with E-state index in [0.717, 1.165) is 31.8 Å². The number of nitrogens with zero attached hydrogens (tertiary/aromatic N) is 1. The van der Waals surface area contributed by atoms with E-state index in [-0.39, 0.29) is 5.91 Å². The third-order valence-corrected chi connectivity index (χ3v) is 4.12. The maximum Gasteiger partial charge on any atom is 0.222 e. The van der Waals surface area contributed by atoms with Gasteiger partial charge in [-0.3, -0.25) is 4.79 Å². The molecule has 0 saturated carbocycles. The first-order valence-electron chi connectivity index (χ1n) is 7.87. The van der Waals surface area contributed by atoms with Crippen LogP contribution in [-0.2, 0) is 11.2 Å². The predicted octanol–water partition coefficient (Wildman–Crippen LogP) is 2.23. The van der Waals surface area contributed by atoms with E-state index < -0.39 is 0 Å². The predicted molar refractivity (Wildman–Crippen MR) is 84.6 cm³/mol. The average Bonchev–Trinajstić information content (AvgIpc) is 3.03. The Hall–Kier alpha value is -1.55. The Kier molecular flexibility index (Phi) is 6.05. The molecule has 0 aliphatic carbocycles. The molecule has 0 spiro atoms. The molecule has 1 N–H and O–H groups in total. The van der Waals surface area contributed by atoms with E-state index in [4.69, 9.17) is 4.74 Å². The van der Waals surface area contributed by atoms with Crippen LogP contribution in [0.3, 0.4) is 0 Å². The van der Waals surface area contributed by atoms with E-state index in [2.05, 4.69) is 12.2 Å². The van der Waals surface area contributed by atoms with Gasteiger partial charge in [0.1, 0.15) is 5.75 Å². The van der Waals surface area contributed by atoms with Crippen LogP contribution in [0.1, 0.15) is 31.7 Å². The van der Waals surface area contributed by atoms with E-state index in [9.17, 15) is 4.79 Å². The van der Waals surface area contributed by atoms with Crippen molar-refractivity contribution in [1.29, 1.82) is 0 Å². The summed E-state index contributed by atoms with van der Waals surface area (Å²) < 4.78 is 5.14. The lowest BCUT2D eigenvalue weighted by Gasteiger charge is -2.24. The molecule has 1 amide bonds. The topological polar surface area (TPSA) is 41.6 Å². The Morgan fingerprint density at radius 2 is 2.14 bits per heavy atom. The number of ether oxygens (including phenoxy) is 1. The van der Waals surface area contributed by atoms with Crippen molar-refractivity contribution < 1.29 is 9.53 Å². The lowest BCUT2D eigenvalue weighted by Crippen LogP contribution is -2.41. The number of aryl methyl sites for hydroxylation is 1. The summed E-state index contributed by atoms with van der Waals surface area (Å²) in [5, 5.41) is 3.45. The molecule has 1 aliphatic rings. The van der Waals surface area contributed by atoms with Gasteiger partial charge in [-0.2, -0.15) is 0 Å². The summed E-state index contributed by atoms with van der Waals surface area (Å²) >= 11 is 0. The SMILES string of the molecule is CCN(CC1CCCN1)C(=O)CCc1ccc(OC)cc1. The normalized spacial score (nSPS) is 17.7. The fraction of sp³-hybridized carbons (Fsp3) is 0.588. The van der Waals surface area contributed by atoms with Crippen LogP contribution in [-0.4, -0.2) is 43.6 Å². The van der Waals surface area contributed by atoms with Crippen LogP contribution < -0.4 is 10.1 Å². The molecule has 0 aromatic heterocycles. The number of carbonyl (C=O) groups is 1. The monoisotopic (exact) mass is 290 g/mol. The first-order valence-corrected chi connectivity index (χ1v) is 7.87. The summed E-state index contributed by atoms with van der Waals surface area (Å²) in [5.74, 6) is 1.11. The maximum absolute atomic E-state index is 12.3. The largest absolute Gasteiger partial charge is 0.497 e. The summed E-state index contributed by atoms with van der Waals surface area (Å²) in [7, 11) is 1.66. The molecule has 1 aromatic rings. The fourth-order valence-electron chi connectivity index (χ4n) is 2.79. The Labute approximate surface area is 127 Å². The van der Waals surface area contributed by atoms with Crippen LogP contribution in [0.25, 0.3) is 0 Å². The van der Waals surface area contributed by atoms with Crippen LogP contribution in [0.2, 0.25) is 0 Å². The number of hydrogen-bond donors (Lipinski definition) is 1. The first kappa shape index (κ1) is 15.8. The molecule has 1 heterocycles. The summed E-state index contributed by atoms with van der Waals surface area (Å²) in [6, 6.07) is 8.43. The minimum Gasteiger partial charge on any atom is -0.497 e. The molecule has 116 valence electrons. The average molecular weight is 290 g/mol. The lowest BCUT2D eigenvalue weighted by molar-refractivity contribution is -0.131. The number of amides is 1. The van der Waals surface area contributed by atoms with Gasteiger partial charge in [0.15, 0.2) is 0 Å². The molecule has 1 atom stereocenters. The minimum atomic E-state index is 0.252. The first-order chi connectivity index (χ1) is 10.2. The van der Waals surface area contributed by atoms with Gasteiger partial charge >= 0.3 is 0 Å². The molecule has 0 radical (unpaired) electrons. The smallest absolute Gasteiger partial charge is 0.222 e.